The van der Waals surface area contributed by atoms with E-state index in [1.807, 2.05) is 0 Å². The molecular formula is C6H9FO4. The molecule has 0 atom stereocenters. The number of hydrogen-bond acceptors (Lipinski definition) is 4. The van der Waals surface area contributed by atoms with Gasteiger partial charge in [-0.25, -0.2) is 0 Å². The molecule has 0 aromatic heterocycles. The van der Waals surface area contributed by atoms with Crippen LogP contribution in [0.4, 0.5) is 4.39 Å². The van der Waals surface area contributed by atoms with Gasteiger partial charge in [-0.1, -0.05) is 0 Å². The molecule has 0 rings (SSSR count). The van der Waals surface area contributed by atoms with Gasteiger partial charge in [-0.15, -0.1) is 0 Å². The first-order valence-corrected chi connectivity index (χ1v) is 2.71. The molecule has 0 saturated carbocycles. The Labute approximate surface area is 63.3 Å². The summed E-state index contributed by atoms with van der Waals surface area (Å²) in [6.45, 7) is 3.22. The lowest BCUT2D eigenvalue weighted by Crippen LogP contribution is -2.03. The third-order valence-corrected chi connectivity index (χ3v) is 0.287. The maximum Gasteiger partial charge on any atom is 0.310 e. The largest absolute Gasteiger partial charge is 0.394 e. The normalized spacial score (nSPS) is 7.27. The van der Waals surface area contributed by atoms with E-state index < -0.39 is 18.0 Å². The van der Waals surface area contributed by atoms with Crippen LogP contribution in [-0.4, -0.2) is 18.0 Å². The number of rotatable bonds is 0. The van der Waals surface area contributed by atoms with E-state index in [1.165, 1.54) is 13.8 Å². The highest BCUT2D eigenvalue weighted by Crippen LogP contribution is 1.73. The minimum atomic E-state index is -1.33. The second kappa shape index (κ2) is 6.85. The van der Waals surface area contributed by atoms with Gasteiger partial charge < -0.3 is 4.74 Å². The van der Waals surface area contributed by atoms with E-state index in [0.29, 0.717) is 0 Å². The molecule has 0 aromatic carbocycles. The Hall–Kier alpha value is -1.26. The van der Waals surface area contributed by atoms with Gasteiger partial charge in [0.05, 0.1) is 0 Å². The van der Waals surface area contributed by atoms with Gasteiger partial charge in [0.25, 0.3) is 6.04 Å². The zero-order chi connectivity index (χ0) is 9.44. The lowest BCUT2D eigenvalue weighted by Gasteiger charge is -1.87. The molecule has 0 radical (unpaired) electrons. The Morgan fingerprint density at radius 1 is 1.00 bits per heavy atom. The van der Waals surface area contributed by atoms with Crippen molar-refractivity contribution >= 4 is 18.0 Å². The summed E-state index contributed by atoms with van der Waals surface area (Å²) in [5.41, 5.74) is 0. The van der Waals surface area contributed by atoms with Crippen molar-refractivity contribution in [3.05, 3.63) is 0 Å². The van der Waals surface area contributed by atoms with Gasteiger partial charge in [0.2, 0.25) is 0 Å². The quantitative estimate of drug-likeness (QED) is 0.299. The fourth-order valence-electron chi connectivity index (χ4n) is 0.202. The summed E-state index contributed by atoms with van der Waals surface area (Å²) in [5.74, 6) is -1.12. The zero-order valence-corrected chi connectivity index (χ0v) is 6.51. The third kappa shape index (κ3) is 52.9. The maximum absolute atomic E-state index is 10.4. The molecule has 0 spiro atoms. The predicted molar refractivity (Wildman–Crippen MR) is 34.2 cm³/mol. The van der Waals surface area contributed by atoms with Gasteiger partial charge in [-0.05, 0) is 0 Å². The maximum atomic E-state index is 10.4. The Balaban J connectivity index is 0. The van der Waals surface area contributed by atoms with Crippen LogP contribution in [0.5, 0.6) is 0 Å². The van der Waals surface area contributed by atoms with Crippen molar-refractivity contribution in [2.24, 2.45) is 0 Å². The number of halogens is 1. The second-order valence-corrected chi connectivity index (χ2v) is 1.56. The molecule has 0 amide bonds. The Bertz CT molecular complexity index is 148. The van der Waals surface area contributed by atoms with Gasteiger partial charge in [-0.3, -0.25) is 14.4 Å². The van der Waals surface area contributed by atoms with Gasteiger partial charge >= 0.3 is 11.9 Å². The van der Waals surface area contributed by atoms with Crippen LogP contribution in [0, 0.1) is 0 Å². The van der Waals surface area contributed by atoms with Crippen LogP contribution in [0.3, 0.4) is 0 Å². The fourth-order valence-corrected chi connectivity index (χ4v) is 0.202. The lowest BCUT2D eigenvalue weighted by molar-refractivity contribution is -0.156. The molecule has 0 aliphatic carbocycles. The van der Waals surface area contributed by atoms with Crippen molar-refractivity contribution in [3.8, 4) is 0 Å². The molecule has 0 aliphatic rings. The lowest BCUT2D eigenvalue weighted by atomic mass is 10.7. The average Bonchev–Trinajstić information content (AvgIpc) is 1.56. The molecule has 0 aromatic rings. The highest BCUT2D eigenvalue weighted by molar-refractivity contribution is 5.82. The van der Waals surface area contributed by atoms with E-state index in [1.54, 1.807) is 0 Å². The number of hydrogen-bond donors (Lipinski definition) is 0. The summed E-state index contributed by atoms with van der Waals surface area (Å²) in [5, 5.41) is 0. The molecule has 0 unspecified atom stereocenters. The molecular weight excluding hydrogens is 155 g/mol. The molecule has 5 heteroatoms. The minimum absolute atomic E-state index is 0.562. The highest BCUT2D eigenvalue weighted by Gasteiger charge is 1.93. The first kappa shape index (κ1) is 12.4. The summed E-state index contributed by atoms with van der Waals surface area (Å²) in [6, 6.07) is -1.33. The first-order chi connectivity index (χ1) is 4.86. The molecule has 64 valence electrons. The van der Waals surface area contributed by atoms with Gasteiger partial charge in [0, 0.05) is 20.8 Å². The first-order valence-electron chi connectivity index (χ1n) is 2.71. The van der Waals surface area contributed by atoms with Gasteiger partial charge in [0.1, 0.15) is 0 Å². The topological polar surface area (TPSA) is 60.4 Å². The van der Waals surface area contributed by atoms with Crippen molar-refractivity contribution in [3.63, 3.8) is 0 Å². The molecule has 0 saturated heterocycles. The van der Waals surface area contributed by atoms with Crippen LogP contribution < -0.4 is 0 Å². The van der Waals surface area contributed by atoms with Gasteiger partial charge in [0.15, 0.2) is 0 Å². The van der Waals surface area contributed by atoms with Crippen molar-refractivity contribution in [2.45, 2.75) is 20.8 Å². The third-order valence-electron chi connectivity index (χ3n) is 0.287. The van der Waals surface area contributed by atoms with Crippen LogP contribution in [-0.2, 0) is 19.1 Å². The van der Waals surface area contributed by atoms with E-state index >= 15 is 0 Å². The van der Waals surface area contributed by atoms with Crippen molar-refractivity contribution in [1.82, 2.24) is 0 Å². The Morgan fingerprint density at radius 3 is 1.18 bits per heavy atom. The summed E-state index contributed by atoms with van der Waals surface area (Å²) in [6.07, 6.45) is 0. The van der Waals surface area contributed by atoms with E-state index in [0.717, 1.165) is 6.92 Å². The van der Waals surface area contributed by atoms with Crippen LogP contribution >= 0.6 is 0 Å². The average molecular weight is 164 g/mol. The summed E-state index contributed by atoms with van der Waals surface area (Å²) in [4.78, 5) is 28.4. The standard InChI is InChI=1S/C4H6O3.C2H3FO/c1-3(5)7-4(2)6;1-2(3)4/h1-2H3;1H3. The SMILES string of the molecule is CC(=O)F.CC(=O)OC(C)=O. The zero-order valence-electron chi connectivity index (χ0n) is 6.51. The highest BCUT2D eigenvalue weighted by atomic mass is 19.1. The van der Waals surface area contributed by atoms with Crippen LogP contribution in [0.1, 0.15) is 20.8 Å². The second-order valence-electron chi connectivity index (χ2n) is 1.56. The van der Waals surface area contributed by atoms with Crippen molar-refractivity contribution < 1.29 is 23.5 Å². The van der Waals surface area contributed by atoms with Crippen molar-refractivity contribution in [1.29, 1.82) is 0 Å². The molecule has 0 bridgehead atoms. The van der Waals surface area contributed by atoms with Crippen LogP contribution in [0.2, 0.25) is 0 Å². The van der Waals surface area contributed by atoms with E-state index in [9.17, 15) is 14.0 Å². The minimum Gasteiger partial charge on any atom is -0.394 e. The van der Waals surface area contributed by atoms with Crippen LogP contribution in [0.15, 0.2) is 0 Å². The summed E-state index contributed by atoms with van der Waals surface area (Å²) in [7, 11) is 0. The van der Waals surface area contributed by atoms with Crippen molar-refractivity contribution in [2.75, 3.05) is 0 Å². The van der Waals surface area contributed by atoms with E-state index in [-0.39, 0.29) is 0 Å². The molecule has 4 nitrogen and oxygen atoms in total. The number of carbonyl (C=O) groups is 3. The molecule has 0 fully saturated rings. The summed E-state index contributed by atoms with van der Waals surface area (Å²) >= 11 is 0. The monoisotopic (exact) mass is 164 g/mol. The predicted octanol–water partition coefficient (Wildman–Crippen LogP) is 0.598. The summed E-state index contributed by atoms with van der Waals surface area (Å²) < 4.78 is 14.3. The Kier molecular flexibility index (Phi) is 7.74. The molecule has 0 aliphatic heterocycles. The van der Waals surface area contributed by atoms with Gasteiger partial charge in [-0.2, -0.15) is 4.39 Å². The smallest absolute Gasteiger partial charge is 0.310 e. The van der Waals surface area contributed by atoms with Crippen LogP contribution in [0.25, 0.3) is 0 Å². The molecule has 0 N–H and O–H groups in total. The number of carbonyl (C=O) groups excluding carboxylic acids is 3. The fraction of sp³-hybridized carbons (Fsp3) is 0.500. The number of ether oxygens (including phenoxy) is 1. The number of esters is 2. The van der Waals surface area contributed by atoms with E-state index in [2.05, 4.69) is 4.74 Å². The Morgan fingerprint density at radius 2 is 1.18 bits per heavy atom. The molecule has 11 heavy (non-hydrogen) atoms. The van der Waals surface area contributed by atoms with E-state index in [4.69, 9.17) is 4.79 Å². The molecule has 0 heterocycles.